The molecule has 0 unspecified atom stereocenters. The van der Waals surface area contributed by atoms with Crippen LogP contribution in [-0.4, -0.2) is 56.4 Å². The van der Waals surface area contributed by atoms with Gasteiger partial charge in [0.1, 0.15) is 12.1 Å². The predicted octanol–water partition coefficient (Wildman–Crippen LogP) is 2.14. The summed E-state index contributed by atoms with van der Waals surface area (Å²) in [5.74, 6) is 0.657. The van der Waals surface area contributed by atoms with E-state index in [1.54, 1.807) is 58.7 Å². The zero-order chi connectivity index (χ0) is 19.5. The van der Waals surface area contributed by atoms with Gasteiger partial charge in [0.25, 0.3) is 11.6 Å². The molecule has 1 amide bonds. The summed E-state index contributed by atoms with van der Waals surface area (Å²) in [6.07, 6.45) is 6.70. The number of benzene rings is 1. The normalized spacial score (nSPS) is 14.1. The number of hydrogen-bond acceptors (Lipinski definition) is 6. The Balaban J connectivity index is 1.38. The maximum atomic E-state index is 12.7. The van der Waals surface area contributed by atoms with E-state index >= 15 is 0 Å². The van der Waals surface area contributed by atoms with E-state index in [9.17, 15) is 14.9 Å². The van der Waals surface area contributed by atoms with Crippen LogP contribution in [0.1, 0.15) is 10.4 Å². The van der Waals surface area contributed by atoms with Gasteiger partial charge in [-0.15, -0.1) is 0 Å². The molecule has 0 saturated carbocycles. The SMILES string of the molecule is O=C(c1ccc(-n2ccnc2)nc1)N1CCN(c2ccc([N+](=O)[O-])cc2)CC1. The van der Waals surface area contributed by atoms with Crippen molar-refractivity contribution in [2.45, 2.75) is 0 Å². The minimum atomic E-state index is -0.410. The number of rotatable bonds is 4. The molecule has 28 heavy (non-hydrogen) atoms. The fourth-order valence-electron chi connectivity index (χ4n) is 3.20. The number of imidazole rings is 1. The van der Waals surface area contributed by atoms with Crippen LogP contribution in [0.3, 0.4) is 0 Å². The molecule has 1 aliphatic heterocycles. The summed E-state index contributed by atoms with van der Waals surface area (Å²) in [6, 6.07) is 10.1. The van der Waals surface area contributed by atoms with E-state index in [4.69, 9.17) is 0 Å². The molecular weight excluding hydrogens is 360 g/mol. The number of aromatic nitrogens is 3. The maximum Gasteiger partial charge on any atom is 0.269 e. The second-order valence-corrected chi connectivity index (χ2v) is 6.43. The monoisotopic (exact) mass is 378 g/mol. The number of carbonyl (C=O) groups excluding carboxylic acids is 1. The Kier molecular flexibility index (Phi) is 4.71. The van der Waals surface area contributed by atoms with Crippen LogP contribution in [0.15, 0.2) is 61.3 Å². The molecule has 0 N–H and O–H groups in total. The van der Waals surface area contributed by atoms with Gasteiger partial charge in [-0.3, -0.25) is 19.5 Å². The van der Waals surface area contributed by atoms with Crippen LogP contribution in [0.5, 0.6) is 0 Å². The summed E-state index contributed by atoms with van der Waals surface area (Å²) in [6.45, 7) is 2.51. The van der Waals surface area contributed by atoms with Crippen molar-refractivity contribution in [2.24, 2.45) is 0 Å². The van der Waals surface area contributed by atoms with Crippen molar-refractivity contribution in [3.05, 3.63) is 77.0 Å². The van der Waals surface area contributed by atoms with E-state index in [2.05, 4.69) is 14.9 Å². The van der Waals surface area contributed by atoms with E-state index < -0.39 is 4.92 Å². The third kappa shape index (κ3) is 3.54. The zero-order valence-electron chi connectivity index (χ0n) is 15.0. The highest BCUT2D eigenvalue weighted by Gasteiger charge is 2.23. The van der Waals surface area contributed by atoms with Crippen molar-refractivity contribution in [1.82, 2.24) is 19.4 Å². The minimum Gasteiger partial charge on any atom is -0.368 e. The van der Waals surface area contributed by atoms with Crippen LogP contribution in [-0.2, 0) is 0 Å². The summed E-state index contributed by atoms with van der Waals surface area (Å²) in [7, 11) is 0. The van der Waals surface area contributed by atoms with Crippen molar-refractivity contribution < 1.29 is 9.72 Å². The lowest BCUT2D eigenvalue weighted by molar-refractivity contribution is -0.384. The Hall–Kier alpha value is -3.75. The molecule has 1 saturated heterocycles. The highest BCUT2D eigenvalue weighted by molar-refractivity contribution is 5.94. The van der Waals surface area contributed by atoms with E-state index in [-0.39, 0.29) is 11.6 Å². The molecule has 9 heteroatoms. The van der Waals surface area contributed by atoms with Gasteiger partial charge in [0.05, 0.1) is 10.5 Å². The van der Waals surface area contributed by atoms with Gasteiger partial charge in [-0.1, -0.05) is 0 Å². The Morgan fingerprint density at radius 2 is 1.79 bits per heavy atom. The smallest absolute Gasteiger partial charge is 0.269 e. The number of nitrogens with zero attached hydrogens (tertiary/aromatic N) is 6. The molecular formula is C19H18N6O3. The fourth-order valence-corrected chi connectivity index (χ4v) is 3.20. The van der Waals surface area contributed by atoms with Gasteiger partial charge < -0.3 is 9.80 Å². The lowest BCUT2D eigenvalue weighted by Gasteiger charge is -2.36. The first-order valence-corrected chi connectivity index (χ1v) is 8.85. The molecule has 0 bridgehead atoms. The number of piperazine rings is 1. The number of nitro benzene ring substituents is 1. The number of hydrogen-bond donors (Lipinski definition) is 0. The lowest BCUT2D eigenvalue weighted by Crippen LogP contribution is -2.48. The van der Waals surface area contributed by atoms with Crippen LogP contribution in [0.2, 0.25) is 0 Å². The zero-order valence-corrected chi connectivity index (χ0v) is 15.0. The molecule has 1 aromatic carbocycles. The summed E-state index contributed by atoms with van der Waals surface area (Å²) in [5, 5.41) is 10.8. The Labute approximate surface area is 161 Å². The van der Waals surface area contributed by atoms with Crippen molar-refractivity contribution >= 4 is 17.3 Å². The fraction of sp³-hybridized carbons (Fsp3) is 0.211. The van der Waals surface area contributed by atoms with Crippen molar-refractivity contribution in [1.29, 1.82) is 0 Å². The van der Waals surface area contributed by atoms with E-state index in [1.807, 2.05) is 0 Å². The van der Waals surface area contributed by atoms with E-state index in [1.165, 1.54) is 12.1 Å². The van der Waals surface area contributed by atoms with Gasteiger partial charge >= 0.3 is 0 Å². The molecule has 0 radical (unpaired) electrons. The Morgan fingerprint density at radius 3 is 2.36 bits per heavy atom. The van der Waals surface area contributed by atoms with Crippen molar-refractivity contribution in [3.8, 4) is 5.82 Å². The molecule has 4 rings (SSSR count). The number of pyridine rings is 1. The van der Waals surface area contributed by atoms with Crippen LogP contribution in [0.25, 0.3) is 5.82 Å². The van der Waals surface area contributed by atoms with Gasteiger partial charge in [0.2, 0.25) is 0 Å². The second-order valence-electron chi connectivity index (χ2n) is 6.43. The van der Waals surface area contributed by atoms with Crippen LogP contribution in [0.4, 0.5) is 11.4 Å². The summed E-state index contributed by atoms with van der Waals surface area (Å²) in [4.78, 5) is 35.3. The maximum absolute atomic E-state index is 12.7. The number of non-ortho nitro benzene ring substituents is 1. The van der Waals surface area contributed by atoms with Gasteiger partial charge in [0, 0.05) is 62.6 Å². The summed E-state index contributed by atoms with van der Waals surface area (Å²) in [5.41, 5.74) is 1.54. The van der Waals surface area contributed by atoms with Gasteiger partial charge in [-0.25, -0.2) is 9.97 Å². The molecule has 2 aromatic heterocycles. The Bertz CT molecular complexity index is 962. The Morgan fingerprint density at radius 1 is 1.04 bits per heavy atom. The number of nitro groups is 1. The second kappa shape index (κ2) is 7.47. The number of carbonyl (C=O) groups is 1. The third-order valence-corrected chi connectivity index (χ3v) is 4.76. The first-order valence-electron chi connectivity index (χ1n) is 8.85. The minimum absolute atomic E-state index is 0.0481. The standard InChI is InChI=1S/C19H18N6O3/c26-19(15-1-6-18(21-13-15)24-8-7-20-14-24)23-11-9-22(10-12-23)16-2-4-17(5-3-16)25(27)28/h1-8,13-14H,9-12H2. The van der Waals surface area contributed by atoms with E-state index in [0.717, 1.165) is 5.69 Å². The average molecular weight is 378 g/mol. The highest BCUT2D eigenvalue weighted by Crippen LogP contribution is 2.21. The molecule has 3 aromatic rings. The predicted molar refractivity (Wildman–Crippen MR) is 103 cm³/mol. The highest BCUT2D eigenvalue weighted by atomic mass is 16.6. The van der Waals surface area contributed by atoms with Crippen molar-refractivity contribution in [2.75, 3.05) is 31.1 Å². The van der Waals surface area contributed by atoms with Crippen LogP contribution < -0.4 is 4.90 Å². The van der Waals surface area contributed by atoms with Gasteiger partial charge in [-0.2, -0.15) is 0 Å². The third-order valence-electron chi connectivity index (χ3n) is 4.76. The largest absolute Gasteiger partial charge is 0.368 e. The summed E-state index contributed by atoms with van der Waals surface area (Å²) < 4.78 is 1.78. The number of amides is 1. The molecule has 1 fully saturated rings. The first-order chi connectivity index (χ1) is 13.6. The topological polar surface area (TPSA) is 97.4 Å². The van der Waals surface area contributed by atoms with Gasteiger partial charge in [0.15, 0.2) is 0 Å². The molecule has 9 nitrogen and oxygen atoms in total. The molecule has 0 aliphatic carbocycles. The van der Waals surface area contributed by atoms with Crippen molar-refractivity contribution in [3.63, 3.8) is 0 Å². The molecule has 1 aliphatic rings. The molecule has 0 spiro atoms. The molecule has 3 heterocycles. The quantitative estimate of drug-likeness (QED) is 0.510. The summed E-state index contributed by atoms with van der Waals surface area (Å²) >= 11 is 0. The van der Waals surface area contributed by atoms with Crippen LogP contribution in [0, 0.1) is 10.1 Å². The van der Waals surface area contributed by atoms with Crippen LogP contribution >= 0.6 is 0 Å². The lowest BCUT2D eigenvalue weighted by atomic mass is 10.2. The molecule has 0 atom stereocenters. The van der Waals surface area contributed by atoms with Gasteiger partial charge in [-0.05, 0) is 24.3 Å². The van der Waals surface area contributed by atoms with E-state index in [0.29, 0.717) is 37.6 Å². The number of anilines is 1. The molecule has 142 valence electrons. The average Bonchev–Trinajstić information content (AvgIpc) is 3.28. The first kappa shape index (κ1) is 17.7.